The van der Waals surface area contributed by atoms with Gasteiger partial charge in [0.2, 0.25) is 11.7 Å². The van der Waals surface area contributed by atoms with E-state index in [2.05, 4.69) is 31.0 Å². The third kappa shape index (κ3) is 4.37. The van der Waals surface area contributed by atoms with Crippen LogP contribution in [-0.4, -0.2) is 41.2 Å². The average Bonchev–Trinajstić information content (AvgIpc) is 3.14. The van der Waals surface area contributed by atoms with Crippen molar-refractivity contribution in [3.8, 4) is 10.7 Å². The van der Waals surface area contributed by atoms with Gasteiger partial charge in [0.25, 0.3) is 0 Å². The fraction of sp³-hybridized carbons (Fsp3) is 0.500. The van der Waals surface area contributed by atoms with Gasteiger partial charge in [0.1, 0.15) is 0 Å². The van der Waals surface area contributed by atoms with Gasteiger partial charge in [-0.05, 0) is 34.6 Å². The molecule has 0 aromatic carbocycles. The molecular weight excluding hydrogens is 370 g/mol. The Hall–Kier alpha value is -1.25. The summed E-state index contributed by atoms with van der Waals surface area (Å²) in [6.45, 7) is 5.75. The topological polar surface area (TPSA) is 68.5 Å². The number of hydrogen-bond acceptors (Lipinski definition) is 7. The molecule has 8 heteroatoms. The number of carbonyl (C=O) groups is 1. The predicted molar refractivity (Wildman–Crippen MR) is 87.4 cm³/mol. The summed E-state index contributed by atoms with van der Waals surface area (Å²) >= 11 is 4.97. The highest BCUT2D eigenvalue weighted by molar-refractivity contribution is 9.11. The molecule has 0 fully saturated rings. The van der Waals surface area contributed by atoms with Crippen LogP contribution < -0.4 is 0 Å². The molecular formula is C14H18BrN3O3S. The molecule has 0 N–H and O–H groups in total. The van der Waals surface area contributed by atoms with Gasteiger partial charge in [0.05, 0.1) is 28.2 Å². The molecule has 1 atom stereocenters. The van der Waals surface area contributed by atoms with Gasteiger partial charge in [0, 0.05) is 6.54 Å². The van der Waals surface area contributed by atoms with Gasteiger partial charge < -0.3 is 9.26 Å². The summed E-state index contributed by atoms with van der Waals surface area (Å²) < 4.78 is 11.1. The molecule has 0 radical (unpaired) electrons. The molecule has 2 aromatic rings. The van der Waals surface area contributed by atoms with Crippen LogP contribution in [0.25, 0.3) is 10.7 Å². The summed E-state index contributed by atoms with van der Waals surface area (Å²) in [7, 11) is 1.40. The minimum Gasteiger partial charge on any atom is -0.469 e. The smallest absolute Gasteiger partial charge is 0.309 e. The van der Waals surface area contributed by atoms with Crippen LogP contribution in [0.5, 0.6) is 0 Å². The molecule has 0 aliphatic carbocycles. The highest BCUT2D eigenvalue weighted by atomic mass is 79.9. The fourth-order valence-electron chi connectivity index (χ4n) is 2.01. The van der Waals surface area contributed by atoms with E-state index in [1.165, 1.54) is 7.11 Å². The second-order valence-electron chi connectivity index (χ2n) is 4.87. The third-order valence-electron chi connectivity index (χ3n) is 3.20. The Labute approximate surface area is 141 Å². The van der Waals surface area contributed by atoms with Crippen LogP contribution in [0.15, 0.2) is 20.4 Å². The lowest BCUT2D eigenvalue weighted by Gasteiger charge is -2.21. The number of aromatic nitrogens is 2. The van der Waals surface area contributed by atoms with Crippen molar-refractivity contribution in [2.45, 2.75) is 20.4 Å². The average molecular weight is 388 g/mol. The second kappa shape index (κ2) is 7.85. The molecule has 0 aliphatic heterocycles. The maximum absolute atomic E-state index is 11.5. The van der Waals surface area contributed by atoms with Crippen LogP contribution in [0.1, 0.15) is 19.7 Å². The first-order chi connectivity index (χ1) is 10.5. The van der Waals surface area contributed by atoms with E-state index in [0.717, 1.165) is 15.2 Å². The standard InChI is InChI=1S/C14H18BrN3O3S/c1-4-18(7-9(2)14(19)20-3)8-12-16-13(17-21-12)10-5-6-11(15)22-10/h5-6,9H,4,7-8H2,1-3H3. The fourth-order valence-corrected chi connectivity index (χ4v) is 3.33. The first kappa shape index (κ1) is 17.1. The van der Waals surface area contributed by atoms with E-state index in [0.29, 0.717) is 24.8 Å². The van der Waals surface area contributed by atoms with Crippen molar-refractivity contribution in [3.05, 3.63) is 21.8 Å². The first-order valence-electron chi connectivity index (χ1n) is 6.92. The zero-order valence-corrected chi connectivity index (χ0v) is 15.1. The number of esters is 1. The van der Waals surface area contributed by atoms with Crippen LogP contribution in [0, 0.1) is 5.92 Å². The van der Waals surface area contributed by atoms with E-state index in [4.69, 9.17) is 9.26 Å². The SMILES string of the molecule is CCN(Cc1nc(-c2ccc(Br)s2)no1)CC(C)C(=O)OC. The predicted octanol–water partition coefficient (Wildman–Crippen LogP) is 3.19. The highest BCUT2D eigenvalue weighted by Gasteiger charge is 2.19. The molecule has 2 rings (SSSR count). The summed E-state index contributed by atoms with van der Waals surface area (Å²) in [6.07, 6.45) is 0. The van der Waals surface area contributed by atoms with Gasteiger partial charge in [-0.1, -0.05) is 19.0 Å². The van der Waals surface area contributed by atoms with Gasteiger partial charge in [0.15, 0.2) is 0 Å². The lowest BCUT2D eigenvalue weighted by atomic mass is 10.1. The van der Waals surface area contributed by atoms with Gasteiger partial charge in [-0.25, -0.2) is 0 Å². The monoisotopic (exact) mass is 387 g/mol. The number of halogens is 1. The molecule has 0 bridgehead atoms. The number of carbonyl (C=O) groups excluding carboxylic acids is 1. The molecule has 22 heavy (non-hydrogen) atoms. The van der Waals surface area contributed by atoms with E-state index in [1.807, 2.05) is 26.0 Å². The van der Waals surface area contributed by atoms with E-state index in [-0.39, 0.29) is 11.9 Å². The molecule has 1 unspecified atom stereocenters. The molecule has 0 saturated heterocycles. The van der Waals surface area contributed by atoms with Crippen LogP contribution in [0.3, 0.4) is 0 Å². The lowest BCUT2D eigenvalue weighted by molar-refractivity contribution is -0.145. The highest BCUT2D eigenvalue weighted by Crippen LogP contribution is 2.29. The normalized spacial score (nSPS) is 12.6. The summed E-state index contributed by atoms with van der Waals surface area (Å²) in [5.41, 5.74) is 0. The van der Waals surface area contributed by atoms with Crippen molar-refractivity contribution in [1.82, 2.24) is 15.0 Å². The maximum Gasteiger partial charge on any atom is 0.309 e. The number of thiophene rings is 1. The number of ether oxygens (including phenoxy) is 1. The van der Waals surface area contributed by atoms with Gasteiger partial charge in [-0.15, -0.1) is 11.3 Å². The molecule has 2 aromatic heterocycles. The molecule has 120 valence electrons. The number of methoxy groups -OCH3 is 1. The molecule has 0 saturated carbocycles. The van der Waals surface area contributed by atoms with E-state index < -0.39 is 0 Å². The number of nitrogens with zero attached hydrogens (tertiary/aromatic N) is 3. The van der Waals surface area contributed by atoms with E-state index in [1.54, 1.807) is 11.3 Å². The lowest BCUT2D eigenvalue weighted by Crippen LogP contribution is -2.32. The van der Waals surface area contributed by atoms with E-state index in [9.17, 15) is 4.79 Å². The molecule has 0 amide bonds. The second-order valence-corrected chi connectivity index (χ2v) is 7.33. The van der Waals surface area contributed by atoms with Crippen LogP contribution >= 0.6 is 27.3 Å². The van der Waals surface area contributed by atoms with Crippen molar-refractivity contribution in [2.24, 2.45) is 5.92 Å². The summed E-state index contributed by atoms with van der Waals surface area (Å²) in [5, 5.41) is 4.00. The molecule has 6 nitrogen and oxygen atoms in total. The quantitative estimate of drug-likeness (QED) is 0.679. The van der Waals surface area contributed by atoms with Crippen LogP contribution in [-0.2, 0) is 16.1 Å². The number of hydrogen-bond donors (Lipinski definition) is 0. The Bertz CT molecular complexity index is 628. The maximum atomic E-state index is 11.5. The zero-order chi connectivity index (χ0) is 16.1. The minimum atomic E-state index is -0.215. The molecule has 2 heterocycles. The zero-order valence-electron chi connectivity index (χ0n) is 12.7. The third-order valence-corrected chi connectivity index (χ3v) is 4.82. The van der Waals surface area contributed by atoms with Crippen LogP contribution in [0.4, 0.5) is 0 Å². The largest absolute Gasteiger partial charge is 0.469 e. The van der Waals surface area contributed by atoms with Crippen molar-refractivity contribution < 1.29 is 14.1 Å². The first-order valence-corrected chi connectivity index (χ1v) is 8.53. The molecule has 0 aliphatic rings. The Morgan fingerprint density at radius 3 is 2.91 bits per heavy atom. The van der Waals surface area contributed by atoms with Gasteiger partial charge >= 0.3 is 5.97 Å². The summed E-state index contributed by atoms with van der Waals surface area (Å²) in [5.74, 6) is 0.718. The Morgan fingerprint density at radius 2 is 2.32 bits per heavy atom. The van der Waals surface area contributed by atoms with Crippen LogP contribution in [0.2, 0.25) is 0 Å². The Balaban J connectivity index is 2.00. The number of rotatable bonds is 7. The van der Waals surface area contributed by atoms with Crippen molar-refractivity contribution >= 4 is 33.2 Å². The summed E-state index contributed by atoms with van der Waals surface area (Å²) in [4.78, 5) is 18.9. The van der Waals surface area contributed by atoms with Gasteiger partial charge in [-0.2, -0.15) is 4.98 Å². The van der Waals surface area contributed by atoms with Crippen molar-refractivity contribution in [1.29, 1.82) is 0 Å². The summed E-state index contributed by atoms with van der Waals surface area (Å²) in [6, 6.07) is 3.90. The van der Waals surface area contributed by atoms with E-state index >= 15 is 0 Å². The van der Waals surface area contributed by atoms with Gasteiger partial charge in [-0.3, -0.25) is 9.69 Å². The van der Waals surface area contributed by atoms with Crippen molar-refractivity contribution in [3.63, 3.8) is 0 Å². The molecule has 0 spiro atoms. The minimum absolute atomic E-state index is 0.194. The Morgan fingerprint density at radius 1 is 1.55 bits per heavy atom. The Kier molecular flexibility index (Phi) is 6.10. The van der Waals surface area contributed by atoms with Crippen molar-refractivity contribution in [2.75, 3.05) is 20.2 Å².